The van der Waals surface area contributed by atoms with Crippen molar-refractivity contribution >= 4 is 5.82 Å². The van der Waals surface area contributed by atoms with Gasteiger partial charge in [0.15, 0.2) is 5.82 Å². The molecule has 1 aliphatic rings. The lowest BCUT2D eigenvalue weighted by molar-refractivity contribution is 0.147. The van der Waals surface area contributed by atoms with Gasteiger partial charge in [0.2, 0.25) is 0 Å². The predicted molar refractivity (Wildman–Crippen MR) is 111 cm³/mol. The summed E-state index contributed by atoms with van der Waals surface area (Å²) in [6.07, 6.45) is 3.73. The first-order valence-electron chi connectivity index (χ1n) is 9.93. The van der Waals surface area contributed by atoms with E-state index >= 15 is 0 Å². The topological polar surface area (TPSA) is 57.2 Å². The van der Waals surface area contributed by atoms with Gasteiger partial charge in [-0.3, -0.25) is 4.98 Å². The largest absolute Gasteiger partial charge is 0.365 e. The molecule has 27 heavy (non-hydrogen) atoms. The Hall–Kier alpha value is -2.05. The van der Waals surface area contributed by atoms with Gasteiger partial charge in [-0.1, -0.05) is 13.0 Å². The molecular formula is C21H32N6. The molecule has 1 N–H and O–H groups in total. The number of nitrogens with one attached hydrogen (secondary N) is 1. The number of nitrogens with zero attached hydrogens (tertiary/aromatic N) is 5. The summed E-state index contributed by atoms with van der Waals surface area (Å²) in [5.41, 5.74) is 1.80. The van der Waals surface area contributed by atoms with E-state index < -0.39 is 0 Å². The molecule has 0 bridgehead atoms. The highest BCUT2D eigenvalue weighted by atomic mass is 15.2. The average Bonchev–Trinajstić information content (AvgIpc) is 2.67. The number of pyridine rings is 1. The van der Waals surface area contributed by atoms with E-state index in [0.717, 1.165) is 62.8 Å². The van der Waals surface area contributed by atoms with Gasteiger partial charge in [0, 0.05) is 56.2 Å². The lowest BCUT2D eigenvalue weighted by Gasteiger charge is -2.35. The van der Waals surface area contributed by atoms with Crippen LogP contribution >= 0.6 is 0 Å². The third kappa shape index (κ3) is 5.71. The second-order valence-electron chi connectivity index (χ2n) is 8.04. The minimum Gasteiger partial charge on any atom is -0.365 e. The molecule has 146 valence electrons. The quantitative estimate of drug-likeness (QED) is 0.811. The van der Waals surface area contributed by atoms with Gasteiger partial charge < -0.3 is 15.1 Å². The number of hydrogen-bond acceptors (Lipinski definition) is 6. The monoisotopic (exact) mass is 368 g/mol. The molecule has 6 heteroatoms. The van der Waals surface area contributed by atoms with Gasteiger partial charge in [-0.15, -0.1) is 0 Å². The molecular weight excluding hydrogens is 336 g/mol. The van der Waals surface area contributed by atoms with E-state index in [4.69, 9.17) is 4.98 Å². The van der Waals surface area contributed by atoms with Crippen LogP contribution in [0.25, 0.3) is 11.5 Å². The molecule has 0 spiro atoms. The van der Waals surface area contributed by atoms with E-state index in [1.807, 2.05) is 18.2 Å². The van der Waals surface area contributed by atoms with Gasteiger partial charge in [-0.25, -0.2) is 9.97 Å². The van der Waals surface area contributed by atoms with Crippen LogP contribution in [0, 0.1) is 0 Å². The smallest absolute Gasteiger partial charge is 0.180 e. The molecule has 0 atom stereocenters. The Bertz CT molecular complexity index is 723. The third-order valence-corrected chi connectivity index (χ3v) is 5.15. The minimum absolute atomic E-state index is 0.0376. The number of likely N-dealkylation sites (N-methyl/N-ethyl adjacent to an activating group) is 1. The summed E-state index contributed by atoms with van der Waals surface area (Å²) in [5.74, 6) is 1.57. The van der Waals surface area contributed by atoms with Crippen molar-refractivity contribution < 1.29 is 0 Å². The minimum atomic E-state index is -0.0376. The van der Waals surface area contributed by atoms with Crippen LogP contribution in [0.1, 0.15) is 32.9 Å². The molecule has 3 rings (SSSR count). The number of hydrogen-bond donors (Lipinski definition) is 1. The van der Waals surface area contributed by atoms with E-state index in [2.05, 4.69) is 59.0 Å². The molecule has 6 nitrogen and oxygen atoms in total. The fourth-order valence-corrected chi connectivity index (χ4v) is 3.27. The van der Waals surface area contributed by atoms with Crippen LogP contribution in [0.4, 0.5) is 5.82 Å². The first-order valence-corrected chi connectivity index (χ1v) is 9.93. The Morgan fingerprint density at radius 1 is 1.11 bits per heavy atom. The first-order chi connectivity index (χ1) is 12.9. The molecule has 0 saturated carbocycles. The SMILES string of the molecule is CCc1cc(NC(C)(C)CCN2CCN(C)CC2)nc(-c2ccccn2)n1. The molecule has 2 aromatic rings. The van der Waals surface area contributed by atoms with Crippen LogP contribution in [-0.4, -0.2) is 70.1 Å². The molecule has 3 heterocycles. The van der Waals surface area contributed by atoms with Crippen molar-refractivity contribution in [2.45, 2.75) is 39.2 Å². The Morgan fingerprint density at radius 2 is 1.89 bits per heavy atom. The van der Waals surface area contributed by atoms with Crippen molar-refractivity contribution in [1.29, 1.82) is 0 Å². The summed E-state index contributed by atoms with van der Waals surface area (Å²) >= 11 is 0. The normalized spacial score (nSPS) is 16.4. The van der Waals surface area contributed by atoms with Crippen LogP contribution < -0.4 is 5.32 Å². The van der Waals surface area contributed by atoms with Crippen molar-refractivity contribution in [2.24, 2.45) is 0 Å². The lowest BCUT2D eigenvalue weighted by atomic mass is 10.00. The van der Waals surface area contributed by atoms with Gasteiger partial charge in [0.25, 0.3) is 0 Å². The highest BCUT2D eigenvalue weighted by Gasteiger charge is 2.22. The summed E-state index contributed by atoms with van der Waals surface area (Å²) in [5, 5.41) is 3.64. The van der Waals surface area contributed by atoms with Crippen LogP contribution in [0.3, 0.4) is 0 Å². The van der Waals surface area contributed by atoms with Crippen molar-refractivity contribution in [3.63, 3.8) is 0 Å². The molecule has 1 fully saturated rings. The standard InChI is InChI=1S/C21H32N6/c1-5-17-16-19(24-20(23-17)18-8-6-7-10-22-18)25-21(2,3)9-11-27-14-12-26(4)13-15-27/h6-8,10,16H,5,9,11-15H2,1-4H3,(H,23,24,25). The number of aromatic nitrogens is 3. The Morgan fingerprint density at radius 3 is 2.56 bits per heavy atom. The van der Waals surface area contributed by atoms with Gasteiger partial charge >= 0.3 is 0 Å². The van der Waals surface area contributed by atoms with Crippen LogP contribution in [-0.2, 0) is 6.42 Å². The zero-order valence-electron chi connectivity index (χ0n) is 17.1. The van der Waals surface area contributed by atoms with Crippen molar-refractivity contribution in [1.82, 2.24) is 24.8 Å². The molecule has 0 radical (unpaired) electrons. The van der Waals surface area contributed by atoms with Crippen LogP contribution in [0.2, 0.25) is 0 Å². The average molecular weight is 369 g/mol. The fraction of sp³-hybridized carbons (Fsp3) is 0.571. The van der Waals surface area contributed by atoms with Crippen LogP contribution in [0.15, 0.2) is 30.5 Å². The van der Waals surface area contributed by atoms with E-state index in [1.54, 1.807) is 6.20 Å². The molecule has 0 aliphatic carbocycles. The first kappa shape index (κ1) is 19.7. The Balaban J connectivity index is 1.68. The van der Waals surface area contributed by atoms with Gasteiger partial charge in [0.1, 0.15) is 11.5 Å². The summed E-state index contributed by atoms with van der Waals surface area (Å²) in [4.78, 5) is 18.7. The molecule has 0 amide bonds. The maximum absolute atomic E-state index is 4.74. The zero-order valence-corrected chi connectivity index (χ0v) is 17.1. The summed E-state index contributed by atoms with van der Waals surface area (Å²) in [6.45, 7) is 12.3. The predicted octanol–water partition coefficient (Wildman–Crippen LogP) is 2.93. The van der Waals surface area contributed by atoms with Gasteiger partial charge in [-0.2, -0.15) is 0 Å². The van der Waals surface area contributed by atoms with Gasteiger partial charge in [-0.05, 0) is 45.9 Å². The van der Waals surface area contributed by atoms with Gasteiger partial charge in [0.05, 0.1) is 0 Å². The second-order valence-corrected chi connectivity index (χ2v) is 8.04. The summed E-state index contributed by atoms with van der Waals surface area (Å²) in [7, 11) is 2.20. The van der Waals surface area contributed by atoms with E-state index in [0.29, 0.717) is 5.82 Å². The Labute approximate surface area is 163 Å². The summed E-state index contributed by atoms with van der Waals surface area (Å²) in [6, 6.07) is 7.90. The van der Waals surface area contributed by atoms with E-state index in [-0.39, 0.29) is 5.54 Å². The number of rotatable bonds is 7. The van der Waals surface area contributed by atoms with Crippen molar-refractivity contribution in [2.75, 3.05) is 45.1 Å². The van der Waals surface area contributed by atoms with Crippen LogP contribution in [0.5, 0.6) is 0 Å². The maximum Gasteiger partial charge on any atom is 0.180 e. The molecule has 0 unspecified atom stereocenters. The number of piperazine rings is 1. The van der Waals surface area contributed by atoms with Crippen molar-refractivity contribution in [3.05, 3.63) is 36.2 Å². The molecule has 2 aromatic heterocycles. The zero-order chi connectivity index (χ0) is 19.3. The number of aryl methyl sites for hydroxylation is 1. The molecule has 0 aromatic carbocycles. The van der Waals surface area contributed by atoms with E-state index in [1.165, 1.54) is 0 Å². The highest BCUT2D eigenvalue weighted by molar-refractivity contribution is 5.53. The second kappa shape index (κ2) is 8.76. The highest BCUT2D eigenvalue weighted by Crippen LogP contribution is 2.21. The maximum atomic E-state index is 4.74. The lowest BCUT2D eigenvalue weighted by Crippen LogP contribution is -2.46. The molecule has 1 aliphatic heterocycles. The van der Waals surface area contributed by atoms with E-state index in [9.17, 15) is 0 Å². The van der Waals surface area contributed by atoms with Crippen molar-refractivity contribution in [3.8, 4) is 11.5 Å². The third-order valence-electron chi connectivity index (χ3n) is 5.15. The molecule has 1 saturated heterocycles. The Kier molecular flexibility index (Phi) is 6.39. The fourth-order valence-electron chi connectivity index (χ4n) is 3.27. The number of anilines is 1. The summed E-state index contributed by atoms with van der Waals surface area (Å²) < 4.78 is 0.